The minimum atomic E-state index is -1.39. The number of carboxylic acid groups (broad SMARTS) is 1. The van der Waals surface area contributed by atoms with Crippen molar-refractivity contribution in [1.29, 1.82) is 0 Å². The molecule has 1 N–H and O–H groups in total. The van der Waals surface area contributed by atoms with Crippen LogP contribution in [0.4, 0.5) is 0 Å². The highest BCUT2D eigenvalue weighted by Crippen LogP contribution is 2.38. The van der Waals surface area contributed by atoms with Crippen molar-refractivity contribution in [2.45, 2.75) is 38.3 Å². The van der Waals surface area contributed by atoms with Gasteiger partial charge in [0.15, 0.2) is 5.54 Å². The highest BCUT2D eigenvalue weighted by Gasteiger charge is 2.50. The average molecular weight is 248 g/mol. The number of carbonyl (C=O) groups excluding carboxylic acids is 1. The van der Waals surface area contributed by atoms with E-state index in [1.54, 1.807) is 24.4 Å². The summed E-state index contributed by atoms with van der Waals surface area (Å²) >= 11 is 0. The Morgan fingerprint density at radius 3 is 2.50 bits per heavy atom. The van der Waals surface area contributed by atoms with Crippen molar-refractivity contribution in [3.63, 3.8) is 0 Å². The highest BCUT2D eigenvalue weighted by atomic mass is 16.4. The Morgan fingerprint density at radius 2 is 2.11 bits per heavy atom. The molecule has 96 valence electrons. The Kier molecular flexibility index (Phi) is 3.07. The normalized spacial score (nSPS) is 17.9. The molecular weight excluding hydrogens is 232 g/mol. The number of nitrogens with zero attached hydrogens (tertiary/aromatic N) is 2. The summed E-state index contributed by atoms with van der Waals surface area (Å²) in [6, 6.07) is 5.12. The molecule has 1 aliphatic carbocycles. The molecule has 1 heterocycles. The maximum atomic E-state index is 11.8. The Bertz CT molecular complexity index is 470. The van der Waals surface area contributed by atoms with Gasteiger partial charge in [-0.2, -0.15) is 0 Å². The van der Waals surface area contributed by atoms with Gasteiger partial charge in [-0.3, -0.25) is 9.78 Å². The lowest BCUT2D eigenvalue weighted by atomic mass is 9.94. The fraction of sp³-hybridized carbons (Fsp3) is 0.462. The van der Waals surface area contributed by atoms with Crippen molar-refractivity contribution in [2.75, 3.05) is 0 Å². The second-order valence-electron chi connectivity index (χ2n) is 4.71. The number of hydrogen-bond acceptors (Lipinski definition) is 3. The average Bonchev–Trinajstić information content (AvgIpc) is 3.13. The molecule has 5 nitrogen and oxygen atoms in total. The van der Waals surface area contributed by atoms with E-state index >= 15 is 0 Å². The fourth-order valence-electron chi connectivity index (χ4n) is 2.26. The smallest absolute Gasteiger partial charge is 0.335 e. The van der Waals surface area contributed by atoms with Crippen LogP contribution in [-0.4, -0.2) is 32.9 Å². The van der Waals surface area contributed by atoms with Gasteiger partial charge in [0.05, 0.1) is 5.69 Å². The van der Waals surface area contributed by atoms with Crippen LogP contribution in [0.15, 0.2) is 24.4 Å². The van der Waals surface area contributed by atoms with Crippen LogP contribution in [0.5, 0.6) is 0 Å². The summed E-state index contributed by atoms with van der Waals surface area (Å²) in [6.45, 7) is 2.94. The molecule has 0 saturated heterocycles. The molecule has 18 heavy (non-hydrogen) atoms. The van der Waals surface area contributed by atoms with Crippen LogP contribution >= 0.6 is 0 Å². The first-order valence-electron chi connectivity index (χ1n) is 5.92. The maximum Gasteiger partial charge on any atom is 0.335 e. The van der Waals surface area contributed by atoms with Crippen LogP contribution in [0.2, 0.25) is 0 Å². The molecule has 1 saturated carbocycles. The molecule has 1 amide bonds. The summed E-state index contributed by atoms with van der Waals surface area (Å²) in [7, 11) is 0. The minimum Gasteiger partial charge on any atom is -0.479 e. The van der Waals surface area contributed by atoms with Crippen molar-refractivity contribution < 1.29 is 14.7 Å². The van der Waals surface area contributed by atoms with Crippen LogP contribution in [0, 0.1) is 0 Å². The van der Waals surface area contributed by atoms with E-state index in [-0.39, 0.29) is 11.9 Å². The Labute approximate surface area is 105 Å². The third-order valence-corrected chi connectivity index (χ3v) is 3.31. The van der Waals surface area contributed by atoms with Gasteiger partial charge in [-0.15, -0.1) is 0 Å². The second-order valence-corrected chi connectivity index (χ2v) is 4.71. The minimum absolute atomic E-state index is 0.0191. The molecular formula is C13H16N2O3. The lowest BCUT2D eigenvalue weighted by molar-refractivity contribution is -0.159. The Balaban J connectivity index is 2.49. The van der Waals surface area contributed by atoms with Crippen molar-refractivity contribution in [2.24, 2.45) is 0 Å². The molecule has 0 aromatic carbocycles. The first-order valence-corrected chi connectivity index (χ1v) is 5.92. The standard InChI is InChI=1S/C13H16N2O3/c1-9(16)15(10-6-7-10)13(2,12(17)18)11-5-3-4-8-14-11/h3-5,8,10H,6-7H2,1-2H3,(H,17,18). The summed E-state index contributed by atoms with van der Waals surface area (Å²) in [5.41, 5.74) is -1.01. The zero-order chi connectivity index (χ0) is 13.3. The molecule has 0 aliphatic heterocycles. The SMILES string of the molecule is CC(=O)N(C1CC1)C(C)(C(=O)O)c1ccccn1. The van der Waals surface area contributed by atoms with Gasteiger partial charge in [-0.05, 0) is 31.9 Å². The fourth-order valence-corrected chi connectivity index (χ4v) is 2.26. The van der Waals surface area contributed by atoms with E-state index in [0.29, 0.717) is 5.69 Å². The maximum absolute atomic E-state index is 11.8. The lowest BCUT2D eigenvalue weighted by Crippen LogP contribution is -2.53. The van der Waals surface area contributed by atoms with E-state index in [4.69, 9.17) is 0 Å². The van der Waals surface area contributed by atoms with Gasteiger partial charge < -0.3 is 10.0 Å². The van der Waals surface area contributed by atoms with E-state index < -0.39 is 11.5 Å². The third kappa shape index (κ3) is 1.96. The van der Waals surface area contributed by atoms with Gasteiger partial charge in [0.25, 0.3) is 0 Å². The number of aromatic nitrogens is 1. The van der Waals surface area contributed by atoms with Crippen molar-refractivity contribution in [1.82, 2.24) is 9.88 Å². The van der Waals surface area contributed by atoms with Gasteiger partial charge in [0.2, 0.25) is 5.91 Å². The summed E-state index contributed by atoms with van der Waals surface area (Å²) in [6.07, 6.45) is 3.26. The quantitative estimate of drug-likeness (QED) is 0.874. The highest BCUT2D eigenvalue weighted by molar-refractivity contribution is 5.87. The zero-order valence-electron chi connectivity index (χ0n) is 10.5. The largest absolute Gasteiger partial charge is 0.479 e. The molecule has 1 aromatic rings. The molecule has 0 radical (unpaired) electrons. The summed E-state index contributed by atoms with van der Waals surface area (Å²) in [5, 5.41) is 9.55. The summed E-state index contributed by atoms with van der Waals surface area (Å²) in [4.78, 5) is 29.0. The Morgan fingerprint density at radius 1 is 1.44 bits per heavy atom. The first kappa shape index (κ1) is 12.5. The topological polar surface area (TPSA) is 70.5 Å². The predicted octanol–water partition coefficient (Wildman–Crippen LogP) is 1.39. The van der Waals surface area contributed by atoms with Gasteiger partial charge in [0.1, 0.15) is 0 Å². The van der Waals surface area contributed by atoms with E-state index in [1.807, 2.05) is 0 Å². The number of carboxylic acids is 1. The van der Waals surface area contributed by atoms with E-state index in [2.05, 4.69) is 4.98 Å². The number of pyridine rings is 1. The van der Waals surface area contributed by atoms with Crippen LogP contribution in [0.25, 0.3) is 0 Å². The molecule has 2 rings (SSSR count). The number of rotatable bonds is 4. The number of aliphatic carboxylic acids is 1. The van der Waals surface area contributed by atoms with E-state index in [0.717, 1.165) is 12.8 Å². The molecule has 0 spiro atoms. The molecule has 0 bridgehead atoms. The molecule has 1 aromatic heterocycles. The Hall–Kier alpha value is -1.91. The predicted molar refractivity (Wildman–Crippen MR) is 64.8 cm³/mol. The van der Waals surface area contributed by atoms with Crippen molar-refractivity contribution in [3.8, 4) is 0 Å². The third-order valence-electron chi connectivity index (χ3n) is 3.31. The lowest BCUT2D eigenvalue weighted by Gasteiger charge is -2.37. The number of carbonyl (C=O) groups is 2. The summed E-state index contributed by atoms with van der Waals surface area (Å²) < 4.78 is 0. The first-order chi connectivity index (χ1) is 8.48. The zero-order valence-corrected chi connectivity index (χ0v) is 10.5. The van der Waals surface area contributed by atoms with E-state index in [9.17, 15) is 14.7 Å². The van der Waals surface area contributed by atoms with Crippen molar-refractivity contribution in [3.05, 3.63) is 30.1 Å². The van der Waals surface area contributed by atoms with Crippen molar-refractivity contribution >= 4 is 11.9 Å². The molecule has 1 aliphatic rings. The van der Waals surface area contributed by atoms with Gasteiger partial charge in [-0.1, -0.05) is 6.07 Å². The van der Waals surface area contributed by atoms with Crippen LogP contribution in [-0.2, 0) is 15.1 Å². The summed E-state index contributed by atoms with van der Waals surface area (Å²) in [5.74, 6) is -1.28. The number of amides is 1. The van der Waals surface area contributed by atoms with Crippen LogP contribution < -0.4 is 0 Å². The molecule has 1 unspecified atom stereocenters. The number of hydrogen-bond donors (Lipinski definition) is 1. The van der Waals surface area contributed by atoms with Gasteiger partial charge >= 0.3 is 5.97 Å². The molecule has 1 atom stereocenters. The second kappa shape index (κ2) is 4.40. The van der Waals surface area contributed by atoms with Crippen LogP contribution in [0.1, 0.15) is 32.4 Å². The molecule has 1 fully saturated rings. The van der Waals surface area contributed by atoms with Gasteiger partial charge in [-0.25, -0.2) is 4.79 Å². The van der Waals surface area contributed by atoms with E-state index in [1.165, 1.54) is 18.7 Å². The van der Waals surface area contributed by atoms with Gasteiger partial charge in [0, 0.05) is 19.2 Å². The van der Waals surface area contributed by atoms with Crippen LogP contribution in [0.3, 0.4) is 0 Å². The monoisotopic (exact) mass is 248 g/mol. The molecule has 5 heteroatoms.